The van der Waals surface area contributed by atoms with Crippen LogP contribution in [-0.2, 0) is 17.7 Å². The maximum atomic E-state index is 13.5. The molecule has 2 aliphatic heterocycles. The monoisotopic (exact) mass is 523 g/mol. The molecule has 10 heteroatoms. The van der Waals surface area contributed by atoms with Crippen LogP contribution in [0.25, 0.3) is 11.3 Å². The number of hydrogen-bond acceptors (Lipinski definition) is 5. The highest BCUT2D eigenvalue weighted by Crippen LogP contribution is 2.48. The zero-order chi connectivity index (χ0) is 22.6. The molecular formula is C22H17BrClF2N3O3. The van der Waals surface area contributed by atoms with Crippen molar-refractivity contribution in [2.24, 2.45) is 12.0 Å². The molecule has 32 heavy (non-hydrogen) atoms. The van der Waals surface area contributed by atoms with E-state index in [4.69, 9.17) is 16.3 Å². The second-order valence-corrected chi connectivity index (χ2v) is 8.70. The van der Waals surface area contributed by atoms with Gasteiger partial charge in [0.25, 0.3) is 0 Å². The third-order valence-corrected chi connectivity index (χ3v) is 6.10. The second-order valence-electron chi connectivity index (χ2n) is 7.51. The van der Waals surface area contributed by atoms with Crippen molar-refractivity contribution >= 4 is 33.4 Å². The topological polar surface area (TPSA) is 57.9 Å². The average Bonchev–Trinajstić information content (AvgIpc) is 3.40. The third kappa shape index (κ3) is 3.73. The first-order chi connectivity index (χ1) is 15.2. The van der Waals surface area contributed by atoms with E-state index in [2.05, 4.69) is 35.5 Å². The van der Waals surface area contributed by atoms with Gasteiger partial charge in [0.05, 0.1) is 17.3 Å². The highest BCUT2D eigenvalue weighted by Gasteiger charge is 2.44. The molecule has 2 atom stereocenters. The number of alkyl halides is 3. The van der Waals surface area contributed by atoms with E-state index in [9.17, 15) is 8.78 Å². The molecule has 2 unspecified atom stereocenters. The van der Waals surface area contributed by atoms with Gasteiger partial charge in [-0.1, -0.05) is 28.1 Å². The van der Waals surface area contributed by atoms with Crippen LogP contribution >= 0.6 is 27.5 Å². The first-order valence-corrected chi connectivity index (χ1v) is 11.1. The van der Waals surface area contributed by atoms with E-state index in [0.29, 0.717) is 17.3 Å². The second kappa shape index (κ2) is 7.74. The number of hydrogen-bond donors (Lipinski definition) is 0. The Hall–Kier alpha value is -2.65. The van der Waals surface area contributed by atoms with Crippen LogP contribution in [0.4, 0.5) is 8.78 Å². The molecule has 166 valence electrons. The van der Waals surface area contributed by atoms with Crippen LogP contribution in [0.15, 0.2) is 51.9 Å². The Morgan fingerprint density at radius 3 is 2.66 bits per heavy atom. The zero-order valence-electron chi connectivity index (χ0n) is 17.0. The summed E-state index contributed by atoms with van der Waals surface area (Å²) in [6.45, 7) is 1.77. The van der Waals surface area contributed by atoms with E-state index in [1.165, 1.54) is 12.1 Å². The molecule has 3 aromatic rings. The van der Waals surface area contributed by atoms with Crippen LogP contribution in [0.3, 0.4) is 0 Å². The summed E-state index contributed by atoms with van der Waals surface area (Å²) in [5, 5.41) is 4.44. The van der Waals surface area contributed by atoms with Gasteiger partial charge in [0, 0.05) is 29.6 Å². The largest absolute Gasteiger partial charge is 0.586 e. The summed E-state index contributed by atoms with van der Waals surface area (Å²) >= 11 is 9.52. The number of ether oxygens (including phenoxy) is 3. The van der Waals surface area contributed by atoms with Crippen molar-refractivity contribution < 1.29 is 23.0 Å². The fourth-order valence-electron chi connectivity index (χ4n) is 4.02. The summed E-state index contributed by atoms with van der Waals surface area (Å²) in [6.07, 6.45) is -4.17. The summed E-state index contributed by atoms with van der Waals surface area (Å²) in [7, 11) is 1.85. The third-order valence-electron chi connectivity index (χ3n) is 5.34. The van der Waals surface area contributed by atoms with Crippen molar-refractivity contribution in [3.63, 3.8) is 0 Å². The quantitative estimate of drug-likeness (QED) is 0.385. The number of nitrogens with zero attached hydrogens (tertiary/aromatic N) is 3. The Kier molecular flexibility index (Phi) is 5.13. The molecule has 5 rings (SSSR count). The molecule has 0 saturated heterocycles. The van der Waals surface area contributed by atoms with Crippen LogP contribution < -0.4 is 9.47 Å². The van der Waals surface area contributed by atoms with E-state index < -0.39 is 18.4 Å². The molecule has 3 heterocycles. The lowest BCUT2D eigenvalue weighted by Gasteiger charge is -2.22. The zero-order valence-corrected chi connectivity index (χ0v) is 19.3. The first kappa shape index (κ1) is 21.2. The summed E-state index contributed by atoms with van der Waals surface area (Å²) in [4.78, 5) is 4.64. The standard InChI is InChI=1S/C22H17BrClF2N3O3/c1-11-27-20(12-3-6-18-19(7-12)32-22(25,26)31-18)21(30-11)16-8-13(23)4-5-15(16)17-9-14(10-24)28-29(17)2/h3-9,20-21H,10H2,1-2H3. The number of halogens is 4. The van der Waals surface area contributed by atoms with Crippen LogP contribution in [0.2, 0.25) is 0 Å². The number of benzene rings is 2. The minimum Gasteiger partial charge on any atom is -0.471 e. The summed E-state index contributed by atoms with van der Waals surface area (Å²) in [5.74, 6) is 0.757. The molecule has 2 aliphatic rings. The van der Waals surface area contributed by atoms with Gasteiger partial charge < -0.3 is 14.2 Å². The Bertz CT molecular complexity index is 1250. The molecule has 0 amide bonds. The van der Waals surface area contributed by atoms with Gasteiger partial charge >= 0.3 is 6.29 Å². The first-order valence-electron chi connectivity index (χ1n) is 9.73. The van der Waals surface area contributed by atoms with Crippen molar-refractivity contribution in [3.8, 4) is 22.8 Å². The summed E-state index contributed by atoms with van der Waals surface area (Å²) < 4.78 is 44.9. The normalized spacial score (nSPS) is 20.9. The van der Waals surface area contributed by atoms with Crippen LogP contribution in [0, 0.1) is 0 Å². The van der Waals surface area contributed by atoms with E-state index in [1.54, 1.807) is 17.7 Å². The van der Waals surface area contributed by atoms with Gasteiger partial charge in [-0.25, -0.2) is 4.99 Å². The highest BCUT2D eigenvalue weighted by atomic mass is 79.9. The van der Waals surface area contributed by atoms with Crippen LogP contribution in [-0.4, -0.2) is 22.0 Å². The Morgan fingerprint density at radius 1 is 1.12 bits per heavy atom. The average molecular weight is 525 g/mol. The molecule has 2 aromatic carbocycles. The number of fused-ring (bicyclic) bond motifs is 1. The van der Waals surface area contributed by atoms with Crippen molar-refractivity contribution in [3.05, 3.63) is 63.8 Å². The van der Waals surface area contributed by atoms with Crippen LogP contribution in [0.1, 0.15) is 35.9 Å². The number of aliphatic imine (C=N–C) groups is 1. The van der Waals surface area contributed by atoms with Crippen molar-refractivity contribution in [2.45, 2.75) is 31.2 Å². The van der Waals surface area contributed by atoms with Gasteiger partial charge in [-0.15, -0.1) is 20.4 Å². The lowest BCUT2D eigenvalue weighted by atomic mass is 9.92. The molecule has 0 saturated carbocycles. The molecule has 0 radical (unpaired) electrons. The minimum atomic E-state index is -3.68. The lowest BCUT2D eigenvalue weighted by Crippen LogP contribution is -2.25. The number of rotatable bonds is 4. The minimum absolute atomic E-state index is 0.0125. The molecule has 0 aliphatic carbocycles. The van der Waals surface area contributed by atoms with Crippen molar-refractivity contribution in [1.29, 1.82) is 0 Å². The predicted octanol–water partition coefficient (Wildman–Crippen LogP) is 6.14. The van der Waals surface area contributed by atoms with Gasteiger partial charge in [0.15, 0.2) is 23.5 Å². The van der Waals surface area contributed by atoms with E-state index >= 15 is 0 Å². The fraction of sp³-hybridized carbons (Fsp3) is 0.273. The maximum Gasteiger partial charge on any atom is 0.586 e. The van der Waals surface area contributed by atoms with Crippen LogP contribution in [0.5, 0.6) is 11.5 Å². The van der Waals surface area contributed by atoms with Crippen molar-refractivity contribution in [2.75, 3.05) is 0 Å². The predicted molar refractivity (Wildman–Crippen MR) is 118 cm³/mol. The Labute approximate surface area is 195 Å². The van der Waals surface area contributed by atoms with Crippen molar-refractivity contribution in [1.82, 2.24) is 9.78 Å². The van der Waals surface area contributed by atoms with E-state index in [-0.39, 0.29) is 11.5 Å². The number of aromatic nitrogens is 2. The SMILES string of the molecule is CC1=NC(c2ccc3c(c2)OC(F)(F)O3)C(c2cc(Br)ccc2-c2cc(CCl)nn2C)O1. The Morgan fingerprint density at radius 2 is 1.91 bits per heavy atom. The lowest BCUT2D eigenvalue weighted by molar-refractivity contribution is -0.286. The van der Waals surface area contributed by atoms with Gasteiger partial charge in [0.2, 0.25) is 0 Å². The molecule has 1 aromatic heterocycles. The molecule has 0 spiro atoms. The number of aryl methyl sites for hydroxylation is 1. The van der Waals surface area contributed by atoms with Gasteiger partial charge in [-0.3, -0.25) is 4.68 Å². The maximum absolute atomic E-state index is 13.5. The van der Waals surface area contributed by atoms with Gasteiger partial charge in [-0.05, 0) is 35.9 Å². The molecule has 0 N–H and O–H groups in total. The van der Waals surface area contributed by atoms with Gasteiger partial charge in [-0.2, -0.15) is 5.10 Å². The smallest absolute Gasteiger partial charge is 0.471 e. The Balaban J connectivity index is 1.58. The van der Waals surface area contributed by atoms with E-state index in [0.717, 1.165) is 27.0 Å². The fourth-order valence-corrected chi connectivity index (χ4v) is 4.53. The molecule has 0 bridgehead atoms. The molecule has 6 nitrogen and oxygen atoms in total. The molecular weight excluding hydrogens is 508 g/mol. The highest BCUT2D eigenvalue weighted by molar-refractivity contribution is 9.10. The molecule has 0 fully saturated rings. The summed E-state index contributed by atoms with van der Waals surface area (Å²) in [5.41, 5.74) is 4.08. The summed E-state index contributed by atoms with van der Waals surface area (Å²) in [6, 6.07) is 12.0. The van der Waals surface area contributed by atoms with Gasteiger partial charge in [0.1, 0.15) is 6.04 Å². The van der Waals surface area contributed by atoms with E-state index in [1.807, 2.05) is 31.3 Å².